The molecule has 2 atom stereocenters. The minimum Gasteiger partial charge on any atom is -0.450 e. The summed E-state index contributed by atoms with van der Waals surface area (Å²) >= 11 is 0. The van der Waals surface area contributed by atoms with Gasteiger partial charge in [-0.3, -0.25) is 4.79 Å². The number of nitrogens with zero attached hydrogens (tertiary/aromatic N) is 1. The standard InChI is InChI=1S/C14H25N3O4/c1-2-21-14(19)16-11-4-3-6-17(9-11)13(18)8-12-10-20-7-5-15-12/h11-12,15H,2-10H2,1H3,(H,16,19). The largest absolute Gasteiger partial charge is 0.450 e. The third kappa shape index (κ3) is 5.17. The van der Waals surface area contributed by atoms with Crippen LogP contribution < -0.4 is 10.6 Å². The van der Waals surface area contributed by atoms with Crippen molar-refractivity contribution >= 4 is 12.0 Å². The smallest absolute Gasteiger partial charge is 0.407 e. The molecule has 7 heteroatoms. The molecule has 0 spiro atoms. The van der Waals surface area contributed by atoms with Crippen LogP contribution in [0.5, 0.6) is 0 Å². The summed E-state index contributed by atoms with van der Waals surface area (Å²) in [5.74, 6) is 0.119. The SMILES string of the molecule is CCOC(=O)NC1CCCN(C(=O)CC2COCCN2)C1. The van der Waals surface area contributed by atoms with Crippen molar-refractivity contribution in [3.05, 3.63) is 0 Å². The van der Waals surface area contributed by atoms with E-state index in [9.17, 15) is 9.59 Å². The van der Waals surface area contributed by atoms with Gasteiger partial charge in [-0.15, -0.1) is 0 Å². The Labute approximate surface area is 125 Å². The van der Waals surface area contributed by atoms with E-state index in [0.717, 1.165) is 25.9 Å². The summed E-state index contributed by atoms with van der Waals surface area (Å²) in [7, 11) is 0. The van der Waals surface area contributed by atoms with Gasteiger partial charge in [-0.25, -0.2) is 4.79 Å². The minimum absolute atomic E-state index is 0.0164. The number of nitrogens with one attached hydrogen (secondary N) is 2. The summed E-state index contributed by atoms with van der Waals surface area (Å²) in [5.41, 5.74) is 0. The fraction of sp³-hybridized carbons (Fsp3) is 0.857. The second-order valence-electron chi connectivity index (χ2n) is 5.47. The highest BCUT2D eigenvalue weighted by atomic mass is 16.5. The lowest BCUT2D eigenvalue weighted by atomic mass is 10.0. The highest BCUT2D eigenvalue weighted by Crippen LogP contribution is 2.13. The average molecular weight is 299 g/mol. The van der Waals surface area contributed by atoms with Crippen LogP contribution in [0, 0.1) is 0 Å². The zero-order valence-electron chi connectivity index (χ0n) is 12.6. The number of likely N-dealkylation sites (tertiary alicyclic amines) is 1. The van der Waals surface area contributed by atoms with Crippen LogP contribution in [-0.2, 0) is 14.3 Å². The summed E-state index contributed by atoms with van der Waals surface area (Å²) in [6.07, 6.45) is 1.83. The highest BCUT2D eigenvalue weighted by Gasteiger charge is 2.27. The maximum atomic E-state index is 12.3. The summed E-state index contributed by atoms with van der Waals surface area (Å²) in [4.78, 5) is 25.6. The Bertz CT molecular complexity index is 358. The molecule has 0 aromatic rings. The Morgan fingerprint density at radius 2 is 2.33 bits per heavy atom. The Hall–Kier alpha value is -1.34. The fourth-order valence-electron chi connectivity index (χ4n) is 2.75. The Morgan fingerprint density at radius 1 is 1.48 bits per heavy atom. The molecule has 0 radical (unpaired) electrons. The number of carbonyl (C=O) groups is 2. The predicted molar refractivity (Wildman–Crippen MR) is 77.0 cm³/mol. The molecule has 0 saturated carbocycles. The lowest BCUT2D eigenvalue weighted by molar-refractivity contribution is -0.133. The molecule has 0 bridgehead atoms. The lowest BCUT2D eigenvalue weighted by Crippen LogP contribution is -2.51. The number of alkyl carbamates (subject to hydrolysis) is 1. The summed E-state index contributed by atoms with van der Waals surface area (Å²) in [6.45, 7) is 5.54. The van der Waals surface area contributed by atoms with Crippen LogP contribution in [0.2, 0.25) is 0 Å². The zero-order valence-corrected chi connectivity index (χ0v) is 12.6. The first-order chi connectivity index (χ1) is 10.2. The van der Waals surface area contributed by atoms with Crippen LogP contribution in [0.1, 0.15) is 26.2 Å². The molecule has 0 aromatic carbocycles. The summed E-state index contributed by atoms with van der Waals surface area (Å²) in [5, 5.41) is 6.10. The van der Waals surface area contributed by atoms with E-state index >= 15 is 0 Å². The molecule has 21 heavy (non-hydrogen) atoms. The van der Waals surface area contributed by atoms with Gasteiger partial charge in [-0.1, -0.05) is 0 Å². The van der Waals surface area contributed by atoms with Crippen molar-refractivity contribution in [1.29, 1.82) is 0 Å². The number of rotatable bonds is 4. The highest BCUT2D eigenvalue weighted by molar-refractivity contribution is 5.77. The van der Waals surface area contributed by atoms with Crippen molar-refractivity contribution in [2.45, 2.75) is 38.3 Å². The summed E-state index contributed by atoms with van der Waals surface area (Å²) in [6, 6.07) is 0.0851. The molecule has 0 aliphatic carbocycles. The fourth-order valence-corrected chi connectivity index (χ4v) is 2.75. The molecule has 2 fully saturated rings. The maximum absolute atomic E-state index is 12.3. The Morgan fingerprint density at radius 3 is 3.05 bits per heavy atom. The first-order valence-electron chi connectivity index (χ1n) is 7.71. The van der Waals surface area contributed by atoms with E-state index in [2.05, 4.69) is 10.6 Å². The van der Waals surface area contributed by atoms with Crippen molar-refractivity contribution in [1.82, 2.24) is 15.5 Å². The van der Waals surface area contributed by atoms with E-state index in [0.29, 0.717) is 32.8 Å². The van der Waals surface area contributed by atoms with Crippen molar-refractivity contribution in [2.24, 2.45) is 0 Å². The van der Waals surface area contributed by atoms with E-state index in [1.165, 1.54) is 0 Å². The molecular formula is C14H25N3O4. The molecule has 2 unspecified atom stereocenters. The molecule has 2 aliphatic rings. The van der Waals surface area contributed by atoms with E-state index in [1.807, 2.05) is 4.90 Å². The van der Waals surface area contributed by atoms with Gasteiger partial charge in [0.1, 0.15) is 0 Å². The van der Waals surface area contributed by atoms with Crippen LogP contribution in [0.4, 0.5) is 4.79 Å². The quantitative estimate of drug-likeness (QED) is 0.770. The van der Waals surface area contributed by atoms with Gasteiger partial charge >= 0.3 is 6.09 Å². The zero-order chi connectivity index (χ0) is 15.1. The number of hydrogen-bond donors (Lipinski definition) is 2. The van der Waals surface area contributed by atoms with Crippen molar-refractivity contribution in [3.63, 3.8) is 0 Å². The molecule has 2 N–H and O–H groups in total. The maximum Gasteiger partial charge on any atom is 0.407 e. The minimum atomic E-state index is -0.404. The first-order valence-corrected chi connectivity index (χ1v) is 7.71. The van der Waals surface area contributed by atoms with Crippen molar-refractivity contribution in [3.8, 4) is 0 Å². The van der Waals surface area contributed by atoms with Gasteiger partial charge < -0.3 is 25.0 Å². The van der Waals surface area contributed by atoms with Gasteiger partial charge in [0, 0.05) is 38.1 Å². The Balaban J connectivity index is 1.76. The number of ether oxygens (including phenoxy) is 2. The third-order valence-electron chi connectivity index (χ3n) is 3.79. The van der Waals surface area contributed by atoms with Gasteiger partial charge in [0.15, 0.2) is 0 Å². The third-order valence-corrected chi connectivity index (χ3v) is 3.79. The average Bonchev–Trinajstić information content (AvgIpc) is 2.48. The Kier molecular flexibility index (Phi) is 6.25. The van der Waals surface area contributed by atoms with Crippen LogP contribution in [0.25, 0.3) is 0 Å². The normalized spacial score (nSPS) is 26.2. The van der Waals surface area contributed by atoms with Crippen LogP contribution in [0.3, 0.4) is 0 Å². The van der Waals surface area contributed by atoms with Gasteiger partial charge in [0.05, 0.1) is 19.8 Å². The van der Waals surface area contributed by atoms with Crippen LogP contribution >= 0.6 is 0 Å². The molecule has 0 aromatic heterocycles. The van der Waals surface area contributed by atoms with Crippen molar-refractivity contribution < 1.29 is 19.1 Å². The molecule has 2 amide bonds. The predicted octanol–water partition coefficient (Wildman–Crippen LogP) is 0.102. The number of hydrogen-bond acceptors (Lipinski definition) is 5. The van der Waals surface area contributed by atoms with E-state index in [4.69, 9.17) is 9.47 Å². The monoisotopic (exact) mass is 299 g/mol. The molecular weight excluding hydrogens is 274 g/mol. The molecule has 2 aliphatic heterocycles. The van der Waals surface area contributed by atoms with Crippen molar-refractivity contribution in [2.75, 3.05) is 39.5 Å². The van der Waals surface area contributed by atoms with Gasteiger partial charge in [-0.2, -0.15) is 0 Å². The van der Waals surface area contributed by atoms with Crippen LogP contribution in [0.15, 0.2) is 0 Å². The van der Waals surface area contributed by atoms with Gasteiger partial charge in [0.2, 0.25) is 5.91 Å². The first kappa shape index (κ1) is 16.0. The number of carbonyl (C=O) groups excluding carboxylic acids is 2. The van der Waals surface area contributed by atoms with Crippen LogP contribution in [-0.4, -0.2) is 68.4 Å². The molecule has 120 valence electrons. The lowest BCUT2D eigenvalue weighted by Gasteiger charge is -2.34. The van der Waals surface area contributed by atoms with Gasteiger partial charge in [0.25, 0.3) is 0 Å². The number of morpholine rings is 1. The van der Waals surface area contributed by atoms with E-state index < -0.39 is 6.09 Å². The number of amides is 2. The second kappa shape index (κ2) is 8.19. The van der Waals surface area contributed by atoms with Gasteiger partial charge in [-0.05, 0) is 19.8 Å². The molecule has 2 heterocycles. The topological polar surface area (TPSA) is 79.9 Å². The van der Waals surface area contributed by atoms with E-state index in [-0.39, 0.29) is 18.0 Å². The molecule has 7 nitrogen and oxygen atoms in total. The number of piperidine rings is 1. The van der Waals surface area contributed by atoms with E-state index in [1.54, 1.807) is 6.92 Å². The summed E-state index contributed by atoms with van der Waals surface area (Å²) < 4.78 is 10.2. The molecule has 2 rings (SSSR count). The molecule has 2 saturated heterocycles. The second-order valence-corrected chi connectivity index (χ2v) is 5.47.